The minimum Gasteiger partial charge on any atom is -0.307 e. The molecule has 2 heteroatoms. The minimum absolute atomic E-state index is 0.289. The summed E-state index contributed by atoms with van der Waals surface area (Å²) in [4.78, 5) is 0. The maximum Gasteiger partial charge on any atom is 0.0228 e. The summed E-state index contributed by atoms with van der Waals surface area (Å²) in [6.07, 6.45) is 2.51. The molecule has 1 saturated heterocycles. The number of alkyl halides is 1. The average Bonchev–Trinajstić information content (AvgIpc) is 1.44. The molecule has 0 aliphatic carbocycles. The fraction of sp³-hybridized carbons (Fsp3) is 1.00. The molecule has 1 rings (SSSR count). The third-order valence-electron chi connectivity index (χ3n) is 2.30. The van der Waals surface area contributed by atoms with Crippen molar-refractivity contribution in [3.05, 3.63) is 0 Å². The minimum atomic E-state index is 0.289. The summed E-state index contributed by atoms with van der Waals surface area (Å²) in [5.41, 5.74) is 0.579. The molecule has 1 aliphatic heterocycles. The second-order valence-corrected chi connectivity index (χ2v) is 8.26. The Bertz CT molecular complexity index is 137. The Morgan fingerprint density at radius 2 is 1.25 bits per heavy atom. The Hall–Kier alpha value is 0.690. The summed E-state index contributed by atoms with van der Waals surface area (Å²) >= 11 is 2.60. The first-order valence-corrected chi connectivity index (χ1v) is 5.68. The predicted molar refractivity (Wildman–Crippen MR) is 63.0 cm³/mol. The van der Waals surface area contributed by atoms with E-state index in [1.54, 1.807) is 0 Å². The highest BCUT2D eigenvalue weighted by molar-refractivity contribution is 14.1. The number of halogens is 1. The molecule has 0 radical (unpaired) electrons. The van der Waals surface area contributed by atoms with Crippen LogP contribution >= 0.6 is 22.6 Å². The van der Waals surface area contributed by atoms with E-state index in [1.807, 2.05) is 0 Å². The van der Waals surface area contributed by atoms with Gasteiger partial charge in [-0.3, -0.25) is 0 Å². The van der Waals surface area contributed by atoms with Crippen molar-refractivity contribution in [1.82, 2.24) is 5.32 Å². The van der Waals surface area contributed by atoms with Gasteiger partial charge in [0.25, 0.3) is 0 Å². The highest BCUT2D eigenvalue weighted by Crippen LogP contribution is 2.41. The van der Waals surface area contributed by atoms with Gasteiger partial charge in [-0.1, -0.05) is 29.5 Å². The molecule has 0 atom stereocenters. The van der Waals surface area contributed by atoms with Crippen molar-refractivity contribution in [1.29, 1.82) is 0 Å². The molecule has 0 aromatic rings. The van der Waals surface area contributed by atoms with Gasteiger partial charge >= 0.3 is 0 Å². The smallest absolute Gasteiger partial charge is 0.0228 e. The van der Waals surface area contributed by atoms with Gasteiger partial charge in [0.15, 0.2) is 0 Å². The summed E-state index contributed by atoms with van der Waals surface area (Å²) < 4.78 is 0.454. The normalized spacial score (nSPS) is 31.5. The molecule has 1 aliphatic rings. The molecule has 72 valence electrons. The lowest BCUT2D eigenvalue weighted by Crippen LogP contribution is -2.61. The van der Waals surface area contributed by atoms with E-state index in [9.17, 15) is 0 Å². The summed E-state index contributed by atoms with van der Waals surface area (Å²) in [7, 11) is 0. The number of hydrogen-bond acceptors (Lipinski definition) is 1. The maximum absolute atomic E-state index is 3.68. The van der Waals surface area contributed by atoms with Crippen LogP contribution in [0.1, 0.15) is 47.5 Å². The summed E-state index contributed by atoms with van der Waals surface area (Å²) in [5.74, 6) is 0. The first-order chi connectivity index (χ1) is 5.12. The van der Waals surface area contributed by atoms with E-state index in [1.165, 1.54) is 12.8 Å². The number of hydrogen-bond donors (Lipinski definition) is 1. The Kier molecular flexibility index (Phi) is 2.55. The summed E-state index contributed by atoms with van der Waals surface area (Å²) in [6.45, 7) is 11.5. The van der Waals surface area contributed by atoms with Gasteiger partial charge in [-0.05, 0) is 40.5 Å². The fourth-order valence-electron chi connectivity index (χ4n) is 2.91. The van der Waals surface area contributed by atoms with Crippen molar-refractivity contribution in [2.75, 3.05) is 0 Å². The average molecular weight is 281 g/mol. The molecule has 1 heterocycles. The number of piperidine rings is 1. The summed E-state index contributed by atoms with van der Waals surface area (Å²) in [6, 6.07) is 0. The van der Waals surface area contributed by atoms with Gasteiger partial charge in [0.1, 0.15) is 0 Å². The molecule has 0 saturated carbocycles. The van der Waals surface area contributed by atoms with Crippen LogP contribution < -0.4 is 5.32 Å². The van der Waals surface area contributed by atoms with Crippen LogP contribution in [0.5, 0.6) is 0 Å². The Balaban J connectivity index is 2.81. The lowest BCUT2D eigenvalue weighted by Gasteiger charge is -2.49. The van der Waals surface area contributed by atoms with Crippen LogP contribution in [0.4, 0.5) is 0 Å². The lowest BCUT2D eigenvalue weighted by molar-refractivity contribution is 0.161. The van der Waals surface area contributed by atoms with E-state index in [-0.39, 0.29) is 11.1 Å². The van der Waals surface area contributed by atoms with Gasteiger partial charge < -0.3 is 5.32 Å². The van der Waals surface area contributed by atoms with Gasteiger partial charge in [-0.25, -0.2) is 0 Å². The second kappa shape index (κ2) is 2.84. The van der Waals surface area contributed by atoms with Crippen LogP contribution in [0.2, 0.25) is 0 Å². The van der Waals surface area contributed by atoms with E-state index in [4.69, 9.17) is 0 Å². The predicted octanol–water partition coefficient (Wildman–Crippen LogP) is 3.12. The van der Waals surface area contributed by atoms with Crippen molar-refractivity contribution < 1.29 is 0 Å². The van der Waals surface area contributed by atoms with Crippen LogP contribution in [0.15, 0.2) is 0 Å². The van der Waals surface area contributed by atoms with Crippen LogP contribution in [-0.4, -0.2) is 14.5 Å². The van der Waals surface area contributed by atoms with Crippen LogP contribution in [0.25, 0.3) is 0 Å². The van der Waals surface area contributed by atoms with Crippen LogP contribution in [-0.2, 0) is 0 Å². The first kappa shape index (κ1) is 10.8. The molecular weight excluding hydrogens is 261 g/mol. The monoisotopic (exact) mass is 281 g/mol. The van der Waals surface area contributed by atoms with Gasteiger partial charge in [0, 0.05) is 14.5 Å². The number of rotatable bonds is 0. The van der Waals surface area contributed by atoms with Gasteiger partial charge in [0.05, 0.1) is 0 Å². The lowest BCUT2D eigenvalue weighted by atomic mass is 9.77. The molecule has 0 amide bonds. The molecule has 12 heavy (non-hydrogen) atoms. The third-order valence-corrected chi connectivity index (χ3v) is 3.06. The van der Waals surface area contributed by atoms with Crippen molar-refractivity contribution in [2.24, 2.45) is 0 Å². The zero-order valence-electron chi connectivity index (χ0n) is 8.79. The van der Waals surface area contributed by atoms with E-state index in [2.05, 4.69) is 62.5 Å². The standard InChI is InChI=1S/C10H20IN/c1-8(2)6-10(5,11)7-9(3,4)12-8/h12H,6-7H2,1-5H3. The molecule has 0 bridgehead atoms. The molecule has 0 spiro atoms. The molecular formula is C10H20IN. The van der Waals surface area contributed by atoms with E-state index >= 15 is 0 Å². The van der Waals surface area contributed by atoms with Gasteiger partial charge in [-0.15, -0.1) is 0 Å². The van der Waals surface area contributed by atoms with Crippen LogP contribution in [0, 0.1) is 0 Å². The van der Waals surface area contributed by atoms with Crippen molar-refractivity contribution in [3.8, 4) is 0 Å². The SMILES string of the molecule is CC1(I)CC(C)(C)NC(C)(C)C1. The molecule has 1 nitrogen and oxygen atoms in total. The fourth-order valence-corrected chi connectivity index (χ4v) is 4.82. The van der Waals surface area contributed by atoms with Crippen molar-refractivity contribution in [2.45, 2.75) is 62.0 Å². The topological polar surface area (TPSA) is 12.0 Å². The van der Waals surface area contributed by atoms with Gasteiger partial charge in [0.2, 0.25) is 0 Å². The Labute approximate surface area is 89.8 Å². The highest BCUT2D eigenvalue weighted by Gasteiger charge is 2.42. The molecule has 1 fully saturated rings. The zero-order valence-corrected chi connectivity index (χ0v) is 10.9. The molecule has 0 aromatic heterocycles. The molecule has 1 N–H and O–H groups in total. The Morgan fingerprint density at radius 1 is 0.917 bits per heavy atom. The van der Waals surface area contributed by atoms with Crippen molar-refractivity contribution >= 4 is 22.6 Å². The quantitative estimate of drug-likeness (QED) is 0.531. The molecule has 0 unspecified atom stereocenters. The molecule has 0 aromatic carbocycles. The van der Waals surface area contributed by atoms with E-state index in [0.29, 0.717) is 3.42 Å². The largest absolute Gasteiger partial charge is 0.307 e. The second-order valence-electron chi connectivity index (χ2n) is 5.66. The number of nitrogens with one attached hydrogen (secondary N) is 1. The van der Waals surface area contributed by atoms with Gasteiger partial charge in [-0.2, -0.15) is 0 Å². The van der Waals surface area contributed by atoms with E-state index in [0.717, 1.165) is 0 Å². The third kappa shape index (κ3) is 2.87. The van der Waals surface area contributed by atoms with E-state index < -0.39 is 0 Å². The van der Waals surface area contributed by atoms with Crippen molar-refractivity contribution in [3.63, 3.8) is 0 Å². The highest BCUT2D eigenvalue weighted by atomic mass is 127. The summed E-state index contributed by atoms with van der Waals surface area (Å²) in [5, 5.41) is 3.68. The first-order valence-electron chi connectivity index (χ1n) is 4.60. The Morgan fingerprint density at radius 3 is 1.50 bits per heavy atom. The maximum atomic E-state index is 3.68. The van der Waals surface area contributed by atoms with Crippen LogP contribution in [0.3, 0.4) is 0 Å². The zero-order chi connectivity index (χ0) is 9.62.